The van der Waals surface area contributed by atoms with Crippen LogP contribution in [0.2, 0.25) is 0 Å². The fourth-order valence-corrected chi connectivity index (χ4v) is 3.34. The molecular weight excluding hydrogens is 300 g/mol. The molecule has 1 unspecified atom stereocenters. The number of carbonyl (C=O) groups excluding carboxylic acids is 1. The Balaban J connectivity index is 1.82. The maximum absolute atomic E-state index is 11.8. The lowest BCUT2D eigenvalue weighted by Gasteiger charge is -2.23. The van der Waals surface area contributed by atoms with E-state index < -0.39 is 0 Å². The largest absolute Gasteiger partial charge is 0.491 e. The van der Waals surface area contributed by atoms with Crippen LogP contribution < -0.4 is 4.74 Å². The summed E-state index contributed by atoms with van der Waals surface area (Å²) in [6.45, 7) is 3.68. The first-order valence-electron chi connectivity index (χ1n) is 8.59. The maximum Gasteiger partial charge on any atom is 0.161 e. The van der Waals surface area contributed by atoms with Crippen LogP contribution in [0.1, 0.15) is 31.4 Å². The number of aliphatic hydroxyl groups is 1. The van der Waals surface area contributed by atoms with Crippen molar-refractivity contribution in [1.82, 2.24) is 0 Å². The lowest BCUT2D eigenvalue weighted by atomic mass is 9.81. The standard InChI is InChI=1S/C21H24O3/c1-14(2)24-20-9-7-15(8-10-20)17-5-3-16-4-6-18(21(23)13-22)12-19(16)11-17/h3,5,7-11,14,18,22H,4,6,12-13H2,1-2H3. The van der Waals surface area contributed by atoms with Gasteiger partial charge >= 0.3 is 0 Å². The number of rotatable bonds is 5. The zero-order valence-corrected chi connectivity index (χ0v) is 14.3. The van der Waals surface area contributed by atoms with Crippen molar-refractivity contribution in [2.45, 2.75) is 39.2 Å². The molecule has 2 aromatic carbocycles. The van der Waals surface area contributed by atoms with E-state index in [1.54, 1.807) is 0 Å². The summed E-state index contributed by atoms with van der Waals surface area (Å²) in [4.78, 5) is 11.8. The molecule has 0 spiro atoms. The van der Waals surface area contributed by atoms with Gasteiger partial charge in [-0.3, -0.25) is 4.79 Å². The molecule has 0 radical (unpaired) electrons. The predicted octanol–water partition coefficient (Wildman–Crippen LogP) is 3.81. The molecule has 24 heavy (non-hydrogen) atoms. The molecule has 126 valence electrons. The van der Waals surface area contributed by atoms with Crippen LogP contribution in [-0.2, 0) is 17.6 Å². The number of fused-ring (bicyclic) bond motifs is 1. The normalized spacial score (nSPS) is 16.8. The molecule has 0 saturated carbocycles. The number of ether oxygens (including phenoxy) is 1. The van der Waals surface area contributed by atoms with Crippen LogP contribution >= 0.6 is 0 Å². The van der Waals surface area contributed by atoms with E-state index >= 15 is 0 Å². The van der Waals surface area contributed by atoms with Crippen LogP contribution in [0.15, 0.2) is 42.5 Å². The van der Waals surface area contributed by atoms with Gasteiger partial charge in [0.15, 0.2) is 5.78 Å². The van der Waals surface area contributed by atoms with Gasteiger partial charge in [-0.15, -0.1) is 0 Å². The highest BCUT2D eigenvalue weighted by Gasteiger charge is 2.24. The molecule has 1 aliphatic carbocycles. The first-order valence-corrected chi connectivity index (χ1v) is 8.59. The van der Waals surface area contributed by atoms with Gasteiger partial charge in [0.1, 0.15) is 12.4 Å². The van der Waals surface area contributed by atoms with Crippen LogP contribution in [0.4, 0.5) is 0 Å². The molecule has 0 aromatic heterocycles. The summed E-state index contributed by atoms with van der Waals surface area (Å²) in [5.74, 6) is 0.793. The minimum Gasteiger partial charge on any atom is -0.491 e. The van der Waals surface area contributed by atoms with Crippen molar-refractivity contribution >= 4 is 5.78 Å². The van der Waals surface area contributed by atoms with E-state index in [1.807, 2.05) is 26.0 Å². The Bertz CT molecular complexity index is 716. The van der Waals surface area contributed by atoms with E-state index in [-0.39, 0.29) is 24.4 Å². The van der Waals surface area contributed by atoms with E-state index in [0.29, 0.717) is 0 Å². The van der Waals surface area contributed by atoms with Gasteiger partial charge in [-0.05, 0) is 67.5 Å². The Morgan fingerprint density at radius 3 is 2.50 bits per heavy atom. The minimum absolute atomic E-state index is 0.0405. The molecule has 3 nitrogen and oxygen atoms in total. The molecule has 0 aliphatic heterocycles. The summed E-state index contributed by atoms with van der Waals surface area (Å²) in [6.07, 6.45) is 2.65. The van der Waals surface area contributed by atoms with Crippen molar-refractivity contribution in [3.8, 4) is 16.9 Å². The number of Topliss-reactive ketones (excluding diaryl/α,β-unsaturated/α-hetero) is 1. The molecule has 0 amide bonds. The van der Waals surface area contributed by atoms with Crippen LogP contribution in [0.25, 0.3) is 11.1 Å². The van der Waals surface area contributed by atoms with Gasteiger partial charge in [0, 0.05) is 5.92 Å². The lowest BCUT2D eigenvalue weighted by molar-refractivity contribution is -0.125. The number of aliphatic hydroxyl groups excluding tert-OH is 1. The number of ketones is 1. The second-order valence-corrected chi connectivity index (χ2v) is 6.74. The third kappa shape index (κ3) is 3.68. The Kier molecular flexibility index (Phi) is 5.00. The van der Waals surface area contributed by atoms with E-state index in [9.17, 15) is 4.79 Å². The summed E-state index contributed by atoms with van der Waals surface area (Å²) >= 11 is 0. The summed E-state index contributed by atoms with van der Waals surface area (Å²) in [7, 11) is 0. The molecule has 0 heterocycles. The van der Waals surface area contributed by atoms with Crippen molar-refractivity contribution < 1.29 is 14.6 Å². The molecule has 3 heteroatoms. The highest BCUT2D eigenvalue weighted by Crippen LogP contribution is 2.31. The first kappa shape index (κ1) is 16.7. The Hall–Kier alpha value is -2.13. The van der Waals surface area contributed by atoms with Gasteiger partial charge in [0.05, 0.1) is 6.10 Å². The zero-order valence-electron chi connectivity index (χ0n) is 14.3. The lowest BCUT2D eigenvalue weighted by Crippen LogP contribution is -2.24. The fourth-order valence-electron chi connectivity index (χ4n) is 3.34. The van der Waals surface area contributed by atoms with Crippen LogP contribution in [0.5, 0.6) is 5.75 Å². The summed E-state index contributed by atoms with van der Waals surface area (Å²) < 4.78 is 5.69. The topological polar surface area (TPSA) is 46.5 Å². The molecule has 0 fully saturated rings. The summed E-state index contributed by atoms with van der Waals surface area (Å²) in [5, 5.41) is 9.09. The van der Waals surface area contributed by atoms with Crippen molar-refractivity contribution in [3.63, 3.8) is 0 Å². The Morgan fingerprint density at radius 2 is 1.83 bits per heavy atom. The van der Waals surface area contributed by atoms with Gasteiger partial charge in [0.2, 0.25) is 0 Å². The number of benzene rings is 2. The molecular formula is C21H24O3. The third-order valence-electron chi connectivity index (χ3n) is 4.61. The maximum atomic E-state index is 11.8. The van der Waals surface area contributed by atoms with Crippen LogP contribution in [0, 0.1) is 5.92 Å². The van der Waals surface area contributed by atoms with E-state index in [1.165, 1.54) is 11.1 Å². The molecule has 2 aromatic rings. The number of hydrogen-bond donors (Lipinski definition) is 1. The van der Waals surface area contributed by atoms with E-state index in [0.717, 1.165) is 36.1 Å². The average Bonchev–Trinajstić information content (AvgIpc) is 2.60. The predicted molar refractivity (Wildman–Crippen MR) is 95.2 cm³/mol. The van der Waals surface area contributed by atoms with Crippen LogP contribution in [0.3, 0.4) is 0 Å². The SMILES string of the molecule is CC(C)Oc1ccc(-c2ccc3c(c2)CC(C(=O)CO)CC3)cc1. The number of aryl methyl sites for hydroxylation is 1. The van der Waals surface area contributed by atoms with Crippen molar-refractivity contribution in [3.05, 3.63) is 53.6 Å². The van der Waals surface area contributed by atoms with Crippen LogP contribution in [-0.4, -0.2) is 23.6 Å². The van der Waals surface area contributed by atoms with Gasteiger partial charge in [-0.25, -0.2) is 0 Å². The summed E-state index contributed by atoms with van der Waals surface area (Å²) in [5.41, 5.74) is 4.85. The van der Waals surface area contributed by atoms with Crippen molar-refractivity contribution in [2.75, 3.05) is 6.61 Å². The third-order valence-corrected chi connectivity index (χ3v) is 4.61. The second kappa shape index (κ2) is 7.18. The quantitative estimate of drug-likeness (QED) is 0.910. The highest BCUT2D eigenvalue weighted by atomic mass is 16.5. The molecule has 0 bridgehead atoms. The monoisotopic (exact) mass is 324 g/mol. The number of hydrogen-bond acceptors (Lipinski definition) is 3. The van der Waals surface area contributed by atoms with Gasteiger partial charge in [-0.1, -0.05) is 30.3 Å². The second-order valence-electron chi connectivity index (χ2n) is 6.74. The molecule has 1 atom stereocenters. The first-order chi connectivity index (χ1) is 11.6. The summed E-state index contributed by atoms with van der Waals surface area (Å²) in [6, 6.07) is 14.6. The average molecular weight is 324 g/mol. The fraction of sp³-hybridized carbons (Fsp3) is 0.381. The van der Waals surface area contributed by atoms with Crippen molar-refractivity contribution in [1.29, 1.82) is 0 Å². The molecule has 3 rings (SSSR count). The van der Waals surface area contributed by atoms with Gasteiger partial charge in [0.25, 0.3) is 0 Å². The molecule has 0 saturated heterocycles. The van der Waals surface area contributed by atoms with E-state index in [4.69, 9.17) is 9.84 Å². The Morgan fingerprint density at radius 1 is 1.12 bits per heavy atom. The molecule has 1 aliphatic rings. The smallest absolute Gasteiger partial charge is 0.161 e. The van der Waals surface area contributed by atoms with Crippen molar-refractivity contribution in [2.24, 2.45) is 5.92 Å². The van der Waals surface area contributed by atoms with Gasteiger partial charge < -0.3 is 9.84 Å². The molecule has 1 N–H and O–H groups in total. The Labute approximate surface area is 143 Å². The number of carbonyl (C=O) groups is 1. The highest BCUT2D eigenvalue weighted by molar-refractivity contribution is 5.82. The zero-order chi connectivity index (χ0) is 17.1. The minimum atomic E-state index is -0.350. The van der Waals surface area contributed by atoms with Gasteiger partial charge in [-0.2, -0.15) is 0 Å². The van der Waals surface area contributed by atoms with E-state index in [2.05, 4.69) is 30.3 Å².